The second-order valence-electron chi connectivity index (χ2n) is 7.38. The van der Waals surface area contributed by atoms with E-state index in [2.05, 4.69) is 0 Å². The molecule has 0 bridgehead atoms. The normalized spacial score (nSPS) is 30.1. The molecule has 2 fully saturated rings. The van der Waals surface area contributed by atoms with Crippen LogP contribution in [-0.2, 0) is 4.79 Å². The highest BCUT2D eigenvalue weighted by Gasteiger charge is 2.50. The Kier molecular flexibility index (Phi) is 4.47. The van der Waals surface area contributed by atoms with Crippen molar-refractivity contribution in [2.45, 2.75) is 50.8 Å². The third kappa shape index (κ3) is 3.92. The lowest BCUT2D eigenvalue weighted by Crippen LogP contribution is -2.42. The summed E-state index contributed by atoms with van der Waals surface area (Å²) in [6.45, 7) is 1.05. The molecule has 1 spiro atoms. The van der Waals surface area contributed by atoms with Crippen LogP contribution in [-0.4, -0.2) is 35.9 Å². The fraction of sp³-hybridized carbons (Fsp3) is 0.611. The number of amides is 1. The van der Waals surface area contributed by atoms with Gasteiger partial charge in [-0.15, -0.1) is 0 Å². The van der Waals surface area contributed by atoms with Crippen LogP contribution in [0.2, 0.25) is 0 Å². The molecule has 0 atom stereocenters. The zero-order valence-electron chi connectivity index (χ0n) is 14.1. The van der Waals surface area contributed by atoms with Crippen LogP contribution in [0.1, 0.15) is 39.0 Å². The van der Waals surface area contributed by atoms with Gasteiger partial charge in [-0.2, -0.15) is 13.2 Å². The van der Waals surface area contributed by atoms with E-state index in [9.17, 15) is 23.1 Å². The van der Waals surface area contributed by atoms with E-state index >= 15 is 0 Å². The Labute approximate surface area is 144 Å². The maximum atomic E-state index is 12.9. The van der Waals surface area contributed by atoms with Gasteiger partial charge in [0.15, 0.2) is 6.61 Å². The molecule has 1 heterocycles. The molecule has 0 radical (unpaired) electrons. The summed E-state index contributed by atoms with van der Waals surface area (Å²) >= 11 is 0. The van der Waals surface area contributed by atoms with E-state index < -0.39 is 23.8 Å². The molecule has 1 N–H and O–H groups in total. The fourth-order valence-corrected chi connectivity index (χ4v) is 3.69. The van der Waals surface area contributed by atoms with Gasteiger partial charge < -0.3 is 14.7 Å². The van der Waals surface area contributed by atoms with Crippen LogP contribution < -0.4 is 9.64 Å². The summed E-state index contributed by atoms with van der Waals surface area (Å²) in [5, 5.41) is 10.1. The SMILES string of the molecule is C[C@]1(O)CC[C@]2(CCN(c3ccc(OCC(F)(F)F)cc3)C2=O)CC1. The van der Waals surface area contributed by atoms with Crippen LogP contribution in [0.25, 0.3) is 0 Å². The molecular weight excluding hydrogens is 335 g/mol. The number of hydrogen-bond donors (Lipinski definition) is 1. The molecule has 1 saturated carbocycles. The first-order valence-electron chi connectivity index (χ1n) is 8.44. The number of rotatable bonds is 3. The second-order valence-corrected chi connectivity index (χ2v) is 7.38. The molecule has 0 aromatic heterocycles. The molecule has 3 rings (SSSR count). The van der Waals surface area contributed by atoms with Gasteiger partial charge in [-0.25, -0.2) is 0 Å². The highest BCUT2D eigenvalue weighted by molar-refractivity contribution is 6.00. The smallest absolute Gasteiger partial charge is 0.422 e. The minimum atomic E-state index is -4.38. The predicted molar refractivity (Wildman–Crippen MR) is 86.5 cm³/mol. The number of nitrogens with zero attached hydrogens (tertiary/aromatic N) is 1. The van der Waals surface area contributed by atoms with Crippen molar-refractivity contribution >= 4 is 11.6 Å². The summed E-state index contributed by atoms with van der Waals surface area (Å²) in [6, 6.07) is 6.12. The van der Waals surface area contributed by atoms with Gasteiger partial charge in [-0.1, -0.05) is 0 Å². The lowest BCUT2D eigenvalue weighted by atomic mass is 9.68. The van der Waals surface area contributed by atoms with Crippen LogP contribution in [0.4, 0.5) is 18.9 Å². The number of aliphatic hydroxyl groups is 1. The number of ether oxygens (including phenoxy) is 1. The number of benzene rings is 1. The van der Waals surface area contributed by atoms with Gasteiger partial charge in [0, 0.05) is 12.2 Å². The zero-order valence-corrected chi connectivity index (χ0v) is 14.1. The quantitative estimate of drug-likeness (QED) is 0.898. The second kappa shape index (κ2) is 6.20. The maximum Gasteiger partial charge on any atom is 0.422 e. The van der Waals surface area contributed by atoms with E-state index in [1.807, 2.05) is 0 Å². The summed E-state index contributed by atoms with van der Waals surface area (Å²) in [5.74, 6) is 0.170. The molecule has 1 amide bonds. The van der Waals surface area contributed by atoms with Gasteiger partial charge in [-0.3, -0.25) is 4.79 Å². The highest BCUT2D eigenvalue weighted by Crippen LogP contribution is 2.48. The van der Waals surface area contributed by atoms with Crippen LogP contribution in [0.15, 0.2) is 24.3 Å². The Hall–Kier alpha value is -1.76. The maximum absolute atomic E-state index is 12.9. The number of alkyl halides is 3. The van der Waals surface area contributed by atoms with Crippen LogP contribution in [0, 0.1) is 5.41 Å². The van der Waals surface area contributed by atoms with Crippen molar-refractivity contribution in [1.29, 1.82) is 0 Å². The van der Waals surface area contributed by atoms with Gasteiger partial charge in [0.2, 0.25) is 5.91 Å². The standard InChI is InChI=1S/C18H22F3NO3/c1-16(24)6-8-17(9-7-16)10-11-22(15(17)23)13-2-4-14(5-3-13)25-12-18(19,20)21/h2-5,24H,6-12H2,1H3/t16-,17+. The lowest BCUT2D eigenvalue weighted by Gasteiger charge is -2.38. The average Bonchev–Trinajstić information content (AvgIpc) is 2.86. The van der Waals surface area contributed by atoms with E-state index in [4.69, 9.17) is 4.74 Å². The molecule has 1 aliphatic carbocycles. The number of hydrogen-bond acceptors (Lipinski definition) is 3. The van der Waals surface area contributed by atoms with Gasteiger partial charge in [0.25, 0.3) is 0 Å². The van der Waals surface area contributed by atoms with Crippen molar-refractivity contribution in [3.05, 3.63) is 24.3 Å². The predicted octanol–water partition coefficient (Wildman–Crippen LogP) is 3.68. The molecule has 2 aliphatic rings. The fourth-order valence-electron chi connectivity index (χ4n) is 3.69. The molecule has 0 unspecified atom stereocenters. The van der Waals surface area contributed by atoms with E-state index in [1.165, 1.54) is 12.1 Å². The third-order valence-electron chi connectivity index (χ3n) is 5.35. The van der Waals surface area contributed by atoms with Crippen molar-refractivity contribution in [2.75, 3.05) is 18.1 Å². The molecule has 1 aromatic carbocycles. The Morgan fingerprint density at radius 2 is 1.72 bits per heavy atom. The van der Waals surface area contributed by atoms with E-state index in [0.717, 1.165) is 6.42 Å². The molecule has 7 heteroatoms. The van der Waals surface area contributed by atoms with E-state index in [0.29, 0.717) is 37.9 Å². The molecule has 4 nitrogen and oxygen atoms in total. The van der Waals surface area contributed by atoms with Crippen molar-refractivity contribution in [3.63, 3.8) is 0 Å². The summed E-state index contributed by atoms with van der Waals surface area (Å²) in [7, 11) is 0. The largest absolute Gasteiger partial charge is 0.484 e. The van der Waals surface area contributed by atoms with Crippen LogP contribution in [0.3, 0.4) is 0 Å². The highest BCUT2D eigenvalue weighted by atomic mass is 19.4. The summed E-state index contributed by atoms with van der Waals surface area (Å²) in [5.41, 5.74) is -0.442. The summed E-state index contributed by atoms with van der Waals surface area (Å²) in [6.07, 6.45) is -1.08. The number of carbonyl (C=O) groups is 1. The lowest BCUT2D eigenvalue weighted by molar-refractivity contribution is -0.153. The van der Waals surface area contributed by atoms with Gasteiger partial charge in [0.1, 0.15) is 5.75 Å². The van der Waals surface area contributed by atoms with E-state index in [-0.39, 0.29) is 11.7 Å². The molecular formula is C18H22F3NO3. The third-order valence-corrected chi connectivity index (χ3v) is 5.35. The molecule has 138 valence electrons. The average molecular weight is 357 g/mol. The van der Waals surface area contributed by atoms with Crippen molar-refractivity contribution < 1.29 is 27.8 Å². The summed E-state index contributed by atoms with van der Waals surface area (Å²) in [4.78, 5) is 14.6. The van der Waals surface area contributed by atoms with Gasteiger partial charge in [0.05, 0.1) is 11.0 Å². The summed E-state index contributed by atoms with van der Waals surface area (Å²) < 4.78 is 41.2. The van der Waals surface area contributed by atoms with Crippen LogP contribution in [0.5, 0.6) is 5.75 Å². The molecule has 1 aliphatic heterocycles. The number of carbonyl (C=O) groups excluding carboxylic acids is 1. The van der Waals surface area contributed by atoms with Gasteiger partial charge in [-0.05, 0) is 63.3 Å². The first-order chi connectivity index (χ1) is 11.6. The van der Waals surface area contributed by atoms with Crippen molar-refractivity contribution in [3.8, 4) is 5.75 Å². The Bertz CT molecular complexity index is 630. The topological polar surface area (TPSA) is 49.8 Å². The van der Waals surface area contributed by atoms with Crippen molar-refractivity contribution in [2.24, 2.45) is 5.41 Å². The Morgan fingerprint density at radius 1 is 1.12 bits per heavy atom. The minimum absolute atomic E-state index is 0.0481. The first kappa shape index (κ1) is 18.0. The zero-order chi connectivity index (χ0) is 18.3. The molecule has 1 aromatic rings. The Balaban J connectivity index is 1.66. The van der Waals surface area contributed by atoms with Gasteiger partial charge >= 0.3 is 6.18 Å². The number of halogens is 3. The van der Waals surface area contributed by atoms with Crippen LogP contribution >= 0.6 is 0 Å². The Morgan fingerprint density at radius 3 is 2.28 bits per heavy atom. The number of anilines is 1. The molecule has 25 heavy (non-hydrogen) atoms. The molecule has 1 saturated heterocycles. The monoisotopic (exact) mass is 357 g/mol. The minimum Gasteiger partial charge on any atom is -0.484 e. The first-order valence-corrected chi connectivity index (χ1v) is 8.44. The van der Waals surface area contributed by atoms with E-state index in [1.54, 1.807) is 24.0 Å². The van der Waals surface area contributed by atoms with Crippen molar-refractivity contribution in [1.82, 2.24) is 0 Å².